The Labute approximate surface area is 193 Å². The Hall–Kier alpha value is -3.87. The standard InChI is InChI=1S/C26H28N4O3/c1-2-27-13-4-6-22(18-25(31)32)30-15-11-20-17-23(9-10-24(20)30)33-16-12-21-8-7-19-5-3-14-28-26(19)29-21/h2,4,6-11,13,15,17,22H,1,3,5,12,14,16,18H2,(H,28,29)(H,31,32)/b6-4+,27-13-. The molecule has 7 nitrogen and oxygen atoms in total. The number of ether oxygens (including phenoxy) is 1. The summed E-state index contributed by atoms with van der Waals surface area (Å²) in [6.07, 6.45) is 11.4. The van der Waals surface area contributed by atoms with Crippen LogP contribution in [-0.4, -0.2) is 40.0 Å². The molecule has 2 N–H and O–H groups in total. The van der Waals surface area contributed by atoms with Gasteiger partial charge in [0, 0.05) is 48.2 Å². The number of allylic oxidation sites excluding steroid dienone is 2. The second kappa shape index (κ2) is 10.6. The lowest BCUT2D eigenvalue weighted by atomic mass is 10.1. The molecule has 1 atom stereocenters. The number of benzene rings is 1. The van der Waals surface area contributed by atoms with Crippen LogP contribution in [0.25, 0.3) is 10.9 Å². The van der Waals surface area contributed by atoms with Crippen molar-refractivity contribution in [3.8, 4) is 5.75 Å². The normalized spacial score (nSPS) is 14.3. The molecule has 0 aliphatic carbocycles. The lowest BCUT2D eigenvalue weighted by Crippen LogP contribution is -2.14. The maximum atomic E-state index is 11.4. The number of nitrogens with zero attached hydrogens (tertiary/aromatic N) is 3. The van der Waals surface area contributed by atoms with Crippen molar-refractivity contribution in [3.05, 3.63) is 78.8 Å². The molecule has 1 unspecified atom stereocenters. The number of hydrogen-bond donors (Lipinski definition) is 2. The van der Waals surface area contributed by atoms with Crippen molar-refractivity contribution in [2.45, 2.75) is 31.7 Å². The molecule has 2 aromatic heterocycles. The van der Waals surface area contributed by atoms with E-state index in [0.717, 1.165) is 54.0 Å². The molecule has 4 rings (SSSR count). The Kier molecular flexibility index (Phi) is 7.19. The van der Waals surface area contributed by atoms with Crippen LogP contribution in [0.5, 0.6) is 5.75 Å². The molecule has 0 radical (unpaired) electrons. The molecular weight excluding hydrogens is 416 g/mol. The van der Waals surface area contributed by atoms with Crippen molar-refractivity contribution in [2.24, 2.45) is 4.99 Å². The first kappa shape index (κ1) is 22.3. The van der Waals surface area contributed by atoms with Gasteiger partial charge < -0.3 is 19.7 Å². The van der Waals surface area contributed by atoms with Gasteiger partial charge in [0.25, 0.3) is 0 Å². The van der Waals surface area contributed by atoms with E-state index in [4.69, 9.17) is 9.72 Å². The van der Waals surface area contributed by atoms with Crippen LogP contribution in [0.4, 0.5) is 5.82 Å². The second-order valence-corrected chi connectivity index (χ2v) is 7.91. The molecule has 0 amide bonds. The SMILES string of the molecule is C=C/N=C\C=C\C(CC(=O)O)n1ccc2cc(OCCc3ccc4c(n3)NCCC4)ccc21. The van der Waals surface area contributed by atoms with Gasteiger partial charge >= 0.3 is 5.97 Å². The Balaban J connectivity index is 1.43. The summed E-state index contributed by atoms with van der Waals surface area (Å²) >= 11 is 0. The van der Waals surface area contributed by atoms with Gasteiger partial charge in [-0.3, -0.25) is 9.79 Å². The summed E-state index contributed by atoms with van der Waals surface area (Å²) in [5.74, 6) is 0.917. The number of carbonyl (C=O) groups is 1. The molecule has 0 saturated heterocycles. The number of nitrogens with one attached hydrogen (secondary N) is 1. The minimum absolute atomic E-state index is 0.0247. The predicted molar refractivity (Wildman–Crippen MR) is 131 cm³/mol. The Morgan fingerprint density at radius 1 is 1.33 bits per heavy atom. The minimum atomic E-state index is -0.863. The molecule has 3 heterocycles. The predicted octanol–water partition coefficient (Wildman–Crippen LogP) is 4.80. The lowest BCUT2D eigenvalue weighted by molar-refractivity contribution is -0.137. The highest BCUT2D eigenvalue weighted by molar-refractivity contribution is 5.82. The third-order valence-electron chi connectivity index (χ3n) is 5.62. The molecule has 33 heavy (non-hydrogen) atoms. The first-order valence-electron chi connectivity index (χ1n) is 11.1. The summed E-state index contributed by atoms with van der Waals surface area (Å²) in [5, 5.41) is 13.7. The van der Waals surface area contributed by atoms with Crippen molar-refractivity contribution < 1.29 is 14.6 Å². The Morgan fingerprint density at radius 3 is 3.09 bits per heavy atom. The van der Waals surface area contributed by atoms with Crippen LogP contribution in [0.2, 0.25) is 0 Å². The quantitative estimate of drug-likeness (QED) is 0.439. The molecule has 7 heteroatoms. The number of hydrogen-bond acceptors (Lipinski definition) is 5. The van der Waals surface area contributed by atoms with Crippen molar-refractivity contribution in [1.82, 2.24) is 9.55 Å². The first-order valence-corrected chi connectivity index (χ1v) is 11.1. The van der Waals surface area contributed by atoms with Gasteiger partial charge in [0.1, 0.15) is 11.6 Å². The number of aliphatic carboxylic acids is 1. The molecule has 1 aliphatic heterocycles. The molecule has 0 saturated carbocycles. The summed E-state index contributed by atoms with van der Waals surface area (Å²) in [6, 6.07) is 11.7. The van der Waals surface area contributed by atoms with Crippen LogP contribution in [0.3, 0.4) is 0 Å². The van der Waals surface area contributed by atoms with Gasteiger partial charge in [0.05, 0.1) is 19.1 Å². The molecule has 0 bridgehead atoms. The van der Waals surface area contributed by atoms with Crippen molar-refractivity contribution in [1.29, 1.82) is 0 Å². The largest absolute Gasteiger partial charge is 0.493 e. The fourth-order valence-electron chi connectivity index (χ4n) is 4.03. The monoisotopic (exact) mass is 444 g/mol. The smallest absolute Gasteiger partial charge is 0.305 e. The summed E-state index contributed by atoms with van der Waals surface area (Å²) in [6.45, 7) is 5.04. The highest BCUT2D eigenvalue weighted by Crippen LogP contribution is 2.27. The van der Waals surface area contributed by atoms with E-state index >= 15 is 0 Å². The topological polar surface area (TPSA) is 88.7 Å². The average molecular weight is 445 g/mol. The van der Waals surface area contributed by atoms with Gasteiger partial charge in [-0.2, -0.15) is 0 Å². The number of aryl methyl sites for hydroxylation is 1. The zero-order valence-corrected chi connectivity index (χ0v) is 18.5. The minimum Gasteiger partial charge on any atom is -0.493 e. The maximum absolute atomic E-state index is 11.4. The summed E-state index contributed by atoms with van der Waals surface area (Å²) in [7, 11) is 0. The Morgan fingerprint density at radius 2 is 2.24 bits per heavy atom. The van der Waals surface area contributed by atoms with Crippen molar-refractivity contribution >= 4 is 28.9 Å². The van der Waals surface area contributed by atoms with E-state index in [0.29, 0.717) is 6.61 Å². The van der Waals surface area contributed by atoms with Crippen LogP contribution < -0.4 is 10.1 Å². The number of carboxylic acids is 1. The van der Waals surface area contributed by atoms with E-state index in [9.17, 15) is 9.90 Å². The van der Waals surface area contributed by atoms with Crippen LogP contribution in [-0.2, 0) is 17.6 Å². The third kappa shape index (κ3) is 5.68. The molecular formula is C26H28N4O3. The maximum Gasteiger partial charge on any atom is 0.305 e. The van der Waals surface area contributed by atoms with Gasteiger partial charge in [0.2, 0.25) is 0 Å². The van der Waals surface area contributed by atoms with E-state index in [1.807, 2.05) is 41.1 Å². The molecule has 170 valence electrons. The van der Waals surface area contributed by atoms with Crippen LogP contribution in [0.15, 0.2) is 72.5 Å². The summed E-state index contributed by atoms with van der Waals surface area (Å²) in [4.78, 5) is 20.0. The van der Waals surface area contributed by atoms with Crippen LogP contribution in [0.1, 0.15) is 30.1 Å². The lowest BCUT2D eigenvalue weighted by Gasteiger charge is -2.17. The molecule has 3 aromatic rings. The molecule has 0 fully saturated rings. The number of carboxylic acid groups (broad SMARTS) is 1. The average Bonchev–Trinajstić information content (AvgIpc) is 3.24. The highest BCUT2D eigenvalue weighted by atomic mass is 16.5. The van der Waals surface area contributed by atoms with E-state index in [-0.39, 0.29) is 12.5 Å². The number of pyridine rings is 1. The van der Waals surface area contributed by atoms with Gasteiger partial charge in [-0.1, -0.05) is 18.7 Å². The fraction of sp³-hybridized carbons (Fsp3) is 0.269. The van der Waals surface area contributed by atoms with Gasteiger partial charge in [-0.05, 0) is 54.8 Å². The number of rotatable bonds is 10. The van der Waals surface area contributed by atoms with E-state index < -0.39 is 5.97 Å². The third-order valence-corrected chi connectivity index (χ3v) is 5.62. The zero-order valence-electron chi connectivity index (χ0n) is 18.5. The van der Waals surface area contributed by atoms with Crippen LogP contribution >= 0.6 is 0 Å². The fourth-order valence-corrected chi connectivity index (χ4v) is 4.03. The van der Waals surface area contributed by atoms with Crippen molar-refractivity contribution in [3.63, 3.8) is 0 Å². The van der Waals surface area contributed by atoms with Gasteiger partial charge in [0.15, 0.2) is 0 Å². The number of fused-ring (bicyclic) bond motifs is 2. The number of aliphatic imine (C=N–C) groups is 1. The van der Waals surface area contributed by atoms with E-state index in [1.165, 1.54) is 11.8 Å². The highest BCUT2D eigenvalue weighted by Gasteiger charge is 2.15. The zero-order chi connectivity index (χ0) is 23.0. The molecule has 1 aliphatic rings. The molecule has 0 spiro atoms. The Bertz CT molecular complexity index is 1200. The summed E-state index contributed by atoms with van der Waals surface area (Å²) in [5.41, 5.74) is 3.24. The number of anilines is 1. The van der Waals surface area contributed by atoms with E-state index in [1.54, 1.807) is 12.3 Å². The summed E-state index contributed by atoms with van der Waals surface area (Å²) < 4.78 is 7.94. The second-order valence-electron chi connectivity index (χ2n) is 7.91. The van der Waals surface area contributed by atoms with Gasteiger partial charge in [-0.25, -0.2) is 4.98 Å². The van der Waals surface area contributed by atoms with Crippen LogP contribution in [0, 0.1) is 0 Å². The molecule has 1 aromatic carbocycles. The van der Waals surface area contributed by atoms with Gasteiger partial charge in [-0.15, -0.1) is 0 Å². The number of aromatic nitrogens is 2. The van der Waals surface area contributed by atoms with Crippen molar-refractivity contribution in [2.75, 3.05) is 18.5 Å². The first-order chi connectivity index (χ1) is 16.1. The van der Waals surface area contributed by atoms with E-state index in [2.05, 4.69) is 29.0 Å².